The molecule has 1 aliphatic heterocycles. The van der Waals surface area contributed by atoms with E-state index in [1.807, 2.05) is 0 Å². The van der Waals surface area contributed by atoms with Crippen molar-refractivity contribution in [3.8, 4) is 5.82 Å². The molecule has 3 heterocycles. The smallest absolute Gasteiger partial charge is 0.244 e. The molecule has 0 spiro atoms. The Kier molecular flexibility index (Phi) is 4.24. The first-order chi connectivity index (χ1) is 12.6. The molecular formula is C18H19N5O3. The summed E-state index contributed by atoms with van der Waals surface area (Å²) in [5.74, 6) is -0.879. The molecule has 0 radical (unpaired) electrons. The van der Waals surface area contributed by atoms with Crippen LogP contribution in [0.1, 0.15) is 25.7 Å². The zero-order valence-corrected chi connectivity index (χ0v) is 14.2. The highest BCUT2D eigenvalue weighted by Crippen LogP contribution is 2.37. The van der Waals surface area contributed by atoms with Gasteiger partial charge in [-0.2, -0.15) is 5.10 Å². The average molecular weight is 353 g/mol. The lowest BCUT2D eigenvalue weighted by molar-refractivity contribution is -0.142. The van der Waals surface area contributed by atoms with Gasteiger partial charge in [0.05, 0.1) is 17.5 Å². The van der Waals surface area contributed by atoms with Crippen LogP contribution in [-0.2, 0) is 14.4 Å². The van der Waals surface area contributed by atoms with Crippen molar-refractivity contribution >= 4 is 23.4 Å². The third kappa shape index (κ3) is 2.87. The summed E-state index contributed by atoms with van der Waals surface area (Å²) < 4.78 is 1.54. The van der Waals surface area contributed by atoms with Crippen LogP contribution in [0.5, 0.6) is 0 Å². The van der Waals surface area contributed by atoms with Gasteiger partial charge in [-0.3, -0.25) is 19.3 Å². The van der Waals surface area contributed by atoms with E-state index >= 15 is 0 Å². The van der Waals surface area contributed by atoms with Gasteiger partial charge in [-0.1, -0.05) is 12.8 Å². The second-order valence-electron chi connectivity index (χ2n) is 6.63. The summed E-state index contributed by atoms with van der Waals surface area (Å²) in [6.07, 6.45) is 8.33. The summed E-state index contributed by atoms with van der Waals surface area (Å²) in [4.78, 5) is 42.8. The number of nitrogens with one attached hydrogen (secondary N) is 1. The minimum Gasteiger partial charge on any atom is -0.321 e. The van der Waals surface area contributed by atoms with Crippen LogP contribution in [0.25, 0.3) is 5.82 Å². The maximum absolute atomic E-state index is 12.5. The number of fused-ring (bicyclic) bond motifs is 1. The first-order valence-corrected chi connectivity index (χ1v) is 8.75. The van der Waals surface area contributed by atoms with Gasteiger partial charge in [0.15, 0.2) is 5.82 Å². The van der Waals surface area contributed by atoms with Gasteiger partial charge in [-0.05, 0) is 31.0 Å². The highest BCUT2D eigenvalue weighted by atomic mass is 16.2. The lowest BCUT2D eigenvalue weighted by Gasteiger charge is -2.19. The Balaban J connectivity index is 1.48. The third-order valence-electron chi connectivity index (χ3n) is 5.02. The van der Waals surface area contributed by atoms with Crippen molar-refractivity contribution in [2.45, 2.75) is 25.7 Å². The predicted octanol–water partition coefficient (Wildman–Crippen LogP) is 1.38. The minimum atomic E-state index is -0.424. The van der Waals surface area contributed by atoms with Gasteiger partial charge in [0.25, 0.3) is 0 Å². The van der Waals surface area contributed by atoms with Crippen molar-refractivity contribution in [3.63, 3.8) is 0 Å². The molecular weight excluding hydrogens is 334 g/mol. The lowest BCUT2D eigenvalue weighted by Crippen LogP contribution is -2.38. The summed E-state index contributed by atoms with van der Waals surface area (Å²) >= 11 is 0. The molecule has 3 amide bonds. The normalized spacial score (nSPS) is 22.4. The standard InChI is InChI=1S/C18H19N5O3/c24-15(11-22-17(25)12-5-1-2-6-13(12)18(22)26)21-14-7-3-8-19-16(14)23-10-4-9-20-23/h3-4,7-10,12-13H,1-2,5-6,11H2,(H,21,24)/t12-,13-/m0/s1. The monoisotopic (exact) mass is 353 g/mol. The Hall–Kier alpha value is -3.03. The molecule has 134 valence electrons. The van der Waals surface area contributed by atoms with E-state index in [1.54, 1.807) is 36.8 Å². The molecule has 0 bridgehead atoms. The fourth-order valence-electron chi connectivity index (χ4n) is 3.79. The molecule has 4 rings (SSSR count). The molecule has 1 aliphatic carbocycles. The van der Waals surface area contributed by atoms with Crippen LogP contribution in [0.15, 0.2) is 36.8 Å². The number of anilines is 1. The molecule has 2 atom stereocenters. The van der Waals surface area contributed by atoms with Gasteiger partial charge < -0.3 is 5.32 Å². The van der Waals surface area contributed by atoms with Gasteiger partial charge in [0, 0.05) is 18.6 Å². The number of rotatable bonds is 4. The number of likely N-dealkylation sites (tertiary alicyclic amines) is 1. The first kappa shape index (κ1) is 16.4. The van der Waals surface area contributed by atoms with Crippen molar-refractivity contribution < 1.29 is 14.4 Å². The number of hydrogen-bond acceptors (Lipinski definition) is 5. The number of imide groups is 1. The summed E-state index contributed by atoms with van der Waals surface area (Å²) in [5, 5.41) is 6.85. The van der Waals surface area contributed by atoms with Crippen molar-refractivity contribution in [3.05, 3.63) is 36.8 Å². The van der Waals surface area contributed by atoms with Crippen LogP contribution in [0.2, 0.25) is 0 Å². The van der Waals surface area contributed by atoms with E-state index in [0.717, 1.165) is 30.6 Å². The summed E-state index contributed by atoms with van der Waals surface area (Å²) in [5.41, 5.74) is 0.470. The maximum Gasteiger partial charge on any atom is 0.244 e. The molecule has 1 saturated carbocycles. The van der Waals surface area contributed by atoms with Crippen LogP contribution in [0.3, 0.4) is 0 Å². The van der Waals surface area contributed by atoms with Crippen LogP contribution in [-0.4, -0.2) is 43.9 Å². The van der Waals surface area contributed by atoms with E-state index in [1.165, 1.54) is 4.68 Å². The summed E-state index contributed by atoms with van der Waals surface area (Å²) in [6.45, 7) is -0.266. The number of carbonyl (C=O) groups is 3. The van der Waals surface area contributed by atoms with E-state index < -0.39 is 5.91 Å². The number of amides is 3. The highest BCUT2D eigenvalue weighted by Gasteiger charge is 2.48. The maximum atomic E-state index is 12.5. The van der Waals surface area contributed by atoms with Gasteiger partial charge in [-0.15, -0.1) is 0 Å². The third-order valence-corrected chi connectivity index (χ3v) is 5.02. The molecule has 0 unspecified atom stereocenters. The largest absolute Gasteiger partial charge is 0.321 e. The van der Waals surface area contributed by atoms with Crippen LogP contribution in [0.4, 0.5) is 5.69 Å². The second kappa shape index (κ2) is 6.70. The van der Waals surface area contributed by atoms with Gasteiger partial charge in [0.1, 0.15) is 6.54 Å². The van der Waals surface area contributed by atoms with Crippen molar-refractivity contribution in [1.29, 1.82) is 0 Å². The topological polar surface area (TPSA) is 97.2 Å². The van der Waals surface area contributed by atoms with Gasteiger partial charge in [0.2, 0.25) is 17.7 Å². The molecule has 2 aromatic heterocycles. The van der Waals surface area contributed by atoms with Crippen molar-refractivity contribution in [2.75, 3.05) is 11.9 Å². The average Bonchev–Trinajstić information content (AvgIpc) is 3.26. The minimum absolute atomic E-state index is 0.215. The molecule has 8 heteroatoms. The highest BCUT2D eigenvalue weighted by molar-refractivity contribution is 6.08. The predicted molar refractivity (Wildman–Crippen MR) is 92.2 cm³/mol. The Morgan fingerprint density at radius 1 is 1.12 bits per heavy atom. The number of pyridine rings is 1. The summed E-state index contributed by atoms with van der Waals surface area (Å²) in [7, 11) is 0. The van der Waals surface area contributed by atoms with E-state index in [9.17, 15) is 14.4 Å². The molecule has 0 aromatic carbocycles. The number of carbonyl (C=O) groups excluding carboxylic acids is 3. The van der Waals surface area contributed by atoms with Crippen LogP contribution >= 0.6 is 0 Å². The zero-order chi connectivity index (χ0) is 18.1. The molecule has 2 aromatic rings. The number of nitrogens with zero attached hydrogens (tertiary/aromatic N) is 4. The summed E-state index contributed by atoms with van der Waals surface area (Å²) in [6, 6.07) is 5.15. The fraction of sp³-hybridized carbons (Fsp3) is 0.389. The Morgan fingerprint density at radius 3 is 2.50 bits per heavy atom. The molecule has 1 saturated heterocycles. The van der Waals surface area contributed by atoms with Crippen LogP contribution in [0, 0.1) is 11.8 Å². The number of hydrogen-bond donors (Lipinski definition) is 1. The molecule has 26 heavy (non-hydrogen) atoms. The lowest BCUT2D eigenvalue weighted by atomic mass is 9.81. The molecule has 2 fully saturated rings. The van der Waals surface area contributed by atoms with E-state index in [-0.39, 0.29) is 30.2 Å². The molecule has 8 nitrogen and oxygen atoms in total. The quantitative estimate of drug-likeness (QED) is 0.838. The SMILES string of the molecule is O=C(CN1C(=O)[C@H]2CCCC[C@@H]2C1=O)Nc1cccnc1-n1cccn1. The molecule has 2 aliphatic rings. The van der Waals surface area contributed by atoms with Crippen molar-refractivity contribution in [1.82, 2.24) is 19.7 Å². The van der Waals surface area contributed by atoms with Gasteiger partial charge in [-0.25, -0.2) is 9.67 Å². The first-order valence-electron chi connectivity index (χ1n) is 8.75. The fourth-order valence-corrected chi connectivity index (χ4v) is 3.79. The Bertz CT molecular complexity index is 824. The van der Waals surface area contributed by atoms with E-state index in [0.29, 0.717) is 11.5 Å². The second-order valence-corrected chi connectivity index (χ2v) is 6.63. The van der Waals surface area contributed by atoms with E-state index in [4.69, 9.17) is 0 Å². The van der Waals surface area contributed by atoms with Crippen molar-refractivity contribution in [2.24, 2.45) is 11.8 Å². The van der Waals surface area contributed by atoms with E-state index in [2.05, 4.69) is 15.4 Å². The van der Waals surface area contributed by atoms with Gasteiger partial charge >= 0.3 is 0 Å². The Morgan fingerprint density at radius 2 is 1.85 bits per heavy atom. The molecule has 1 N–H and O–H groups in total. The number of aromatic nitrogens is 3. The van der Waals surface area contributed by atoms with Crippen LogP contribution < -0.4 is 5.32 Å². The Labute approximate surface area is 150 Å². The zero-order valence-electron chi connectivity index (χ0n) is 14.2.